The van der Waals surface area contributed by atoms with E-state index in [4.69, 9.17) is 15.4 Å². The summed E-state index contributed by atoms with van der Waals surface area (Å²) < 4.78 is 5.30. The van der Waals surface area contributed by atoms with Gasteiger partial charge in [0.05, 0.1) is 12.3 Å². The highest BCUT2D eigenvalue weighted by atomic mass is 16.4. The summed E-state index contributed by atoms with van der Waals surface area (Å²) >= 11 is 0. The number of nitrogens with one attached hydrogen (secondary N) is 1. The van der Waals surface area contributed by atoms with Crippen LogP contribution in [0.3, 0.4) is 0 Å². The van der Waals surface area contributed by atoms with Crippen molar-refractivity contribution in [3.8, 4) is 0 Å². The minimum Gasteiger partial charge on any atom is -0.468 e. The van der Waals surface area contributed by atoms with E-state index < -0.39 is 0 Å². The van der Waals surface area contributed by atoms with Crippen LogP contribution >= 0.6 is 0 Å². The molecule has 0 aliphatic carbocycles. The lowest BCUT2D eigenvalue weighted by Gasteiger charge is -2.20. The van der Waals surface area contributed by atoms with Crippen molar-refractivity contribution in [1.82, 2.24) is 5.32 Å². The molecule has 0 bridgehead atoms. The van der Waals surface area contributed by atoms with Gasteiger partial charge in [0, 0.05) is 12.5 Å². The number of nitrogens with two attached hydrogens (primary N) is 1. The third kappa shape index (κ3) is 3.58. The first kappa shape index (κ1) is 12.6. The second-order valence-corrected chi connectivity index (χ2v) is 3.80. The molecule has 0 saturated carbocycles. The van der Waals surface area contributed by atoms with Gasteiger partial charge >= 0.3 is 0 Å². The number of rotatable bonds is 6. The van der Waals surface area contributed by atoms with Crippen LogP contribution in [0.2, 0.25) is 0 Å². The molecule has 0 saturated heterocycles. The molecule has 1 aromatic rings. The maximum absolute atomic E-state index is 8.51. The quantitative estimate of drug-likeness (QED) is 0.298. The standard InChI is InChI=1S/C11H19N3O2/c1-3-9(7-11(12)14-15)13-8(2)10-5-4-6-16-10/h4-6,8-9,13,15H,3,7H2,1-2H3,(H2,12,14). The molecule has 1 rings (SSSR count). The fraction of sp³-hybridized carbons (Fsp3) is 0.545. The highest BCUT2D eigenvalue weighted by Crippen LogP contribution is 2.14. The van der Waals surface area contributed by atoms with E-state index in [-0.39, 0.29) is 17.9 Å². The minimum absolute atomic E-state index is 0.117. The summed E-state index contributed by atoms with van der Waals surface area (Å²) in [7, 11) is 0. The summed E-state index contributed by atoms with van der Waals surface area (Å²) in [5, 5.41) is 14.9. The summed E-state index contributed by atoms with van der Waals surface area (Å²) in [5.41, 5.74) is 5.48. The fourth-order valence-corrected chi connectivity index (χ4v) is 1.59. The van der Waals surface area contributed by atoms with Gasteiger partial charge in [0.15, 0.2) is 0 Å². The van der Waals surface area contributed by atoms with Crippen molar-refractivity contribution in [2.45, 2.75) is 38.8 Å². The maximum Gasteiger partial charge on any atom is 0.140 e. The Balaban J connectivity index is 2.50. The molecular weight excluding hydrogens is 206 g/mol. The minimum atomic E-state index is 0.117. The van der Waals surface area contributed by atoms with Gasteiger partial charge < -0.3 is 20.7 Å². The molecule has 5 nitrogen and oxygen atoms in total. The molecule has 0 aliphatic rings. The second kappa shape index (κ2) is 6.17. The molecule has 0 amide bonds. The third-order valence-electron chi connectivity index (χ3n) is 2.53. The van der Waals surface area contributed by atoms with E-state index in [0.29, 0.717) is 6.42 Å². The van der Waals surface area contributed by atoms with Crippen LogP contribution in [0.1, 0.15) is 38.5 Å². The van der Waals surface area contributed by atoms with Crippen LogP contribution in [-0.4, -0.2) is 17.1 Å². The van der Waals surface area contributed by atoms with E-state index in [2.05, 4.69) is 17.4 Å². The molecule has 16 heavy (non-hydrogen) atoms. The number of oxime groups is 1. The number of nitrogens with zero attached hydrogens (tertiary/aromatic N) is 1. The number of furan rings is 1. The molecule has 5 heteroatoms. The van der Waals surface area contributed by atoms with Gasteiger partial charge in [-0.15, -0.1) is 0 Å². The van der Waals surface area contributed by atoms with Crippen molar-refractivity contribution in [3.63, 3.8) is 0 Å². The van der Waals surface area contributed by atoms with Crippen molar-refractivity contribution in [2.24, 2.45) is 10.9 Å². The Morgan fingerprint density at radius 2 is 2.44 bits per heavy atom. The van der Waals surface area contributed by atoms with Gasteiger partial charge in [0.2, 0.25) is 0 Å². The number of amidine groups is 1. The van der Waals surface area contributed by atoms with Crippen molar-refractivity contribution in [2.75, 3.05) is 0 Å². The molecule has 1 heterocycles. The predicted octanol–water partition coefficient (Wildman–Crippen LogP) is 1.85. The van der Waals surface area contributed by atoms with Crippen LogP contribution in [0, 0.1) is 0 Å². The first-order valence-corrected chi connectivity index (χ1v) is 5.43. The van der Waals surface area contributed by atoms with Crippen LogP contribution in [-0.2, 0) is 0 Å². The van der Waals surface area contributed by atoms with Gasteiger partial charge in [-0.05, 0) is 25.5 Å². The molecule has 0 fully saturated rings. The Morgan fingerprint density at radius 1 is 1.69 bits per heavy atom. The lowest BCUT2D eigenvalue weighted by molar-refractivity contribution is 0.314. The van der Waals surface area contributed by atoms with E-state index in [1.807, 2.05) is 19.1 Å². The average molecular weight is 225 g/mol. The van der Waals surface area contributed by atoms with Crippen molar-refractivity contribution in [1.29, 1.82) is 0 Å². The molecule has 4 N–H and O–H groups in total. The SMILES string of the molecule is CCC(CC(N)=NO)NC(C)c1ccco1. The van der Waals surface area contributed by atoms with E-state index in [9.17, 15) is 0 Å². The maximum atomic E-state index is 8.51. The van der Waals surface area contributed by atoms with E-state index >= 15 is 0 Å². The first-order chi connectivity index (χ1) is 7.67. The Morgan fingerprint density at radius 3 is 2.94 bits per heavy atom. The van der Waals surface area contributed by atoms with Gasteiger partial charge in [-0.1, -0.05) is 12.1 Å². The molecule has 1 aromatic heterocycles. The Kier molecular flexibility index (Phi) is 4.85. The van der Waals surface area contributed by atoms with E-state index in [1.54, 1.807) is 6.26 Å². The average Bonchev–Trinajstić information content (AvgIpc) is 2.81. The molecule has 0 aromatic carbocycles. The van der Waals surface area contributed by atoms with Crippen LogP contribution in [0.5, 0.6) is 0 Å². The lowest BCUT2D eigenvalue weighted by atomic mass is 10.1. The summed E-state index contributed by atoms with van der Waals surface area (Å²) in [6, 6.07) is 4.08. The Bertz CT molecular complexity index is 322. The molecule has 2 atom stereocenters. The Hall–Kier alpha value is -1.49. The molecule has 2 unspecified atom stereocenters. The van der Waals surface area contributed by atoms with E-state index in [0.717, 1.165) is 12.2 Å². The highest BCUT2D eigenvalue weighted by Gasteiger charge is 2.14. The summed E-state index contributed by atoms with van der Waals surface area (Å²) in [6.07, 6.45) is 3.08. The zero-order chi connectivity index (χ0) is 12.0. The topological polar surface area (TPSA) is 83.8 Å². The summed E-state index contributed by atoms with van der Waals surface area (Å²) in [5.74, 6) is 1.13. The predicted molar refractivity (Wildman–Crippen MR) is 62.4 cm³/mol. The molecule has 0 spiro atoms. The van der Waals surface area contributed by atoms with Gasteiger partial charge in [-0.2, -0.15) is 0 Å². The van der Waals surface area contributed by atoms with Crippen molar-refractivity contribution in [3.05, 3.63) is 24.2 Å². The molecule has 0 radical (unpaired) electrons. The molecular formula is C11H19N3O2. The first-order valence-electron chi connectivity index (χ1n) is 5.43. The van der Waals surface area contributed by atoms with Gasteiger partial charge in [0.1, 0.15) is 11.6 Å². The third-order valence-corrected chi connectivity index (χ3v) is 2.53. The second-order valence-electron chi connectivity index (χ2n) is 3.80. The molecule has 90 valence electrons. The zero-order valence-corrected chi connectivity index (χ0v) is 9.68. The van der Waals surface area contributed by atoms with Crippen LogP contribution < -0.4 is 11.1 Å². The normalized spacial score (nSPS) is 16.0. The van der Waals surface area contributed by atoms with Gasteiger partial charge in [-0.3, -0.25) is 0 Å². The smallest absolute Gasteiger partial charge is 0.140 e. The lowest BCUT2D eigenvalue weighted by Crippen LogP contribution is -2.34. The van der Waals surface area contributed by atoms with Gasteiger partial charge in [0.25, 0.3) is 0 Å². The largest absolute Gasteiger partial charge is 0.468 e. The summed E-state index contributed by atoms with van der Waals surface area (Å²) in [4.78, 5) is 0. The van der Waals surface area contributed by atoms with E-state index in [1.165, 1.54) is 0 Å². The van der Waals surface area contributed by atoms with Crippen molar-refractivity contribution >= 4 is 5.84 Å². The summed E-state index contributed by atoms with van der Waals surface area (Å²) in [6.45, 7) is 4.07. The van der Waals surface area contributed by atoms with Crippen LogP contribution in [0.15, 0.2) is 28.0 Å². The van der Waals surface area contributed by atoms with Crippen molar-refractivity contribution < 1.29 is 9.62 Å². The number of hydrogen-bond donors (Lipinski definition) is 3. The number of hydrogen-bond acceptors (Lipinski definition) is 4. The van der Waals surface area contributed by atoms with Crippen LogP contribution in [0.4, 0.5) is 0 Å². The highest BCUT2D eigenvalue weighted by molar-refractivity contribution is 5.80. The monoisotopic (exact) mass is 225 g/mol. The van der Waals surface area contributed by atoms with Gasteiger partial charge in [-0.25, -0.2) is 0 Å². The van der Waals surface area contributed by atoms with Crippen LogP contribution in [0.25, 0.3) is 0 Å². The Labute approximate surface area is 95.3 Å². The molecule has 0 aliphatic heterocycles. The zero-order valence-electron chi connectivity index (χ0n) is 9.68. The fourth-order valence-electron chi connectivity index (χ4n) is 1.59.